The Kier molecular flexibility index (Phi) is 11.1. The van der Waals surface area contributed by atoms with Crippen molar-refractivity contribution in [2.24, 2.45) is 0 Å². The van der Waals surface area contributed by atoms with Gasteiger partial charge in [-0.3, -0.25) is 9.55 Å². The van der Waals surface area contributed by atoms with Gasteiger partial charge in [-0.15, -0.1) is 0 Å². The number of fused-ring (bicyclic) bond motifs is 1. The molecule has 4 nitrogen and oxygen atoms in total. The van der Waals surface area contributed by atoms with E-state index in [-0.39, 0.29) is 34.0 Å². The van der Waals surface area contributed by atoms with Gasteiger partial charge in [0.15, 0.2) is 0 Å². The summed E-state index contributed by atoms with van der Waals surface area (Å²) < 4.78 is 29.5. The van der Waals surface area contributed by atoms with E-state index in [0.717, 1.165) is 66.9 Å². The van der Waals surface area contributed by atoms with Crippen LogP contribution in [0.2, 0.25) is 0 Å². The summed E-state index contributed by atoms with van der Waals surface area (Å²) in [6.07, 6.45) is 1.87. The van der Waals surface area contributed by atoms with Gasteiger partial charge in [0.1, 0.15) is 11.6 Å². The minimum Gasteiger partial charge on any atom is -0.507 e. The summed E-state index contributed by atoms with van der Waals surface area (Å²) in [5.41, 5.74) is 17.4. The number of aromatic nitrogens is 3. The molecule has 0 saturated carbocycles. The van der Waals surface area contributed by atoms with Crippen molar-refractivity contribution >= 4 is 11.0 Å². The van der Waals surface area contributed by atoms with Crippen LogP contribution in [0.25, 0.3) is 83.9 Å². The fourth-order valence-electron chi connectivity index (χ4n) is 9.19. The third kappa shape index (κ3) is 9.05. The summed E-state index contributed by atoms with van der Waals surface area (Å²) in [7, 11) is 0. The van der Waals surface area contributed by atoms with Crippen molar-refractivity contribution in [1.82, 2.24) is 14.5 Å². The third-order valence-electron chi connectivity index (χ3n) is 13.4. The smallest absolute Gasteiger partial charge is 0.149 e. The number of para-hydroxylation sites is 1. The Balaban J connectivity index is 1.33. The van der Waals surface area contributed by atoms with Crippen molar-refractivity contribution in [2.75, 3.05) is 0 Å². The zero-order valence-corrected chi connectivity index (χ0v) is 41.5. The number of aryl methyl sites for hydroxylation is 2. The summed E-state index contributed by atoms with van der Waals surface area (Å²) >= 11 is 0. The van der Waals surface area contributed by atoms with E-state index in [1.165, 1.54) is 16.7 Å². The van der Waals surface area contributed by atoms with Crippen LogP contribution in [-0.4, -0.2) is 19.6 Å². The number of rotatable bonds is 9. The predicted octanol–water partition coefficient (Wildman–Crippen LogP) is 17.6. The number of benzene rings is 7. The van der Waals surface area contributed by atoms with E-state index in [0.29, 0.717) is 28.1 Å². The fourth-order valence-corrected chi connectivity index (χ4v) is 9.19. The molecule has 342 valence electrons. The van der Waals surface area contributed by atoms with Gasteiger partial charge in [-0.25, -0.2) is 4.98 Å². The number of hydrogen-bond donors (Lipinski definition) is 1. The normalized spacial score (nSPS) is 13.0. The maximum Gasteiger partial charge on any atom is 0.149 e. The maximum atomic E-state index is 12.4. The molecule has 0 radical (unpaired) electrons. The number of nitrogens with zero attached hydrogens (tertiary/aromatic N) is 3. The lowest BCUT2D eigenvalue weighted by Gasteiger charge is -2.26. The van der Waals surface area contributed by atoms with Crippen LogP contribution in [0.5, 0.6) is 5.75 Å². The van der Waals surface area contributed by atoms with Gasteiger partial charge in [0, 0.05) is 21.4 Å². The Morgan fingerprint density at radius 1 is 0.544 bits per heavy atom. The highest BCUT2D eigenvalue weighted by molar-refractivity contribution is 5.98. The second kappa shape index (κ2) is 17.9. The lowest BCUT2D eigenvalue weighted by molar-refractivity contribution is 0.466. The molecule has 7 aromatic carbocycles. The Bertz CT molecular complexity index is 3410. The summed E-state index contributed by atoms with van der Waals surface area (Å²) in [6, 6.07) is 52.4. The molecule has 0 fully saturated rings. The number of aromatic hydroxyl groups is 1. The van der Waals surface area contributed by atoms with Gasteiger partial charge in [-0.05, 0) is 158 Å². The van der Waals surface area contributed by atoms with E-state index in [1.54, 1.807) is 0 Å². The first-order chi connectivity index (χ1) is 33.5. The molecule has 9 aromatic rings. The van der Waals surface area contributed by atoms with Crippen molar-refractivity contribution in [3.05, 3.63) is 191 Å². The molecule has 0 unspecified atom stereocenters. The molecule has 2 aromatic heterocycles. The van der Waals surface area contributed by atoms with Crippen LogP contribution in [0.15, 0.2) is 158 Å². The monoisotopic (exact) mass is 895 g/mol. The molecule has 9 rings (SSSR count). The molecule has 4 heteroatoms. The largest absolute Gasteiger partial charge is 0.507 e. The molecule has 68 heavy (non-hydrogen) atoms. The number of pyridine rings is 1. The second-order valence-corrected chi connectivity index (χ2v) is 21.3. The molecule has 0 aliphatic rings. The van der Waals surface area contributed by atoms with E-state index in [2.05, 4.69) is 167 Å². The lowest BCUT2D eigenvalue weighted by Crippen LogP contribution is -2.16. The van der Waals surface area contributed by atoms with E-state index in [1.807, 2.05) is 71.4 Å². The number of hydrogen-bond acceptors (Lipinski definition) is 3. The minimum atomic E-state index is -2.52. The third-order valence-corrected chi connectivity index (χ3v) is 13.4. The number of imidazole rings is 1. The average molecular weight is 895 g/mol. The first-order valence-corrected chi connectivity index (χ1v) is 24.0. The maximum absolute atomic E-state index is 12.4. The van der Waals surface area contributed by atoms with Crippen LogP contribution in [-0.2, 0) is 10.8 Å². The average Bonchev–Trinajstić information content (AvgIpc) is 3.72. The number of phenolic OH excluding ortho intramolecular Hbond substituents is 1. The second-order valence-electron chi connectivity index (χ2n) is 21.3. The molecule has 0 amide bonds. The summed E-state index contributed by atoms with van der Waals surface area (Å²) in [4.78, 5) is 10.5. The van der Waals surface area contributed by atoms with Gasteiger partial charge in [-0.1, -0.05) is 172 Å². The lowest BCUT2D eigenvalue weighted by atomic mass is 9.79. The summed E-state index contributed by atoms with van der Waals surface area (Å²) in [6.45, 7) is 21.3. The summed E-state index contributed by atoms with van der Waals surface area (Å²) in [5, 5.41) is 12.4. The Morgan fingerprint density at radius 2 is 1.18 bits per heavy atom. The topological polar surface area (TPSA) is 50.9 Å². The first-order valence-electron chi connectivity index (χ1n) is 25.5. The Labute approximate surface area is 408 Å². The molecule has 0 bridgehead atoms. The molecule has 0 aliphatic heterocycles. The van der Waals surface area contributed by atoms with E-state index in [4.69, 9.17) is 9.97 Å². The van der Waals surface area contributed by atoms with Gasteiger partial charge < -0.3 is 5.11 Å². The Morgan fingerprint density at radius 3 is 1.84 bits per heavy atom. The Hall–Kier alpha value is -7.04. The fraction of sp³-hybridized carbons (Fsp3) is 0.250. The van der Waals surface area contributed by atoms with Gasteiger partial charge in [0.05, 0.1) is 28.0 Å². The van der Waals surface area contributed by atoms with Gasteiger partial charge in [-0.2, -0.15) is 0 Å². The van der Waals surface area contributed by atoms with Crippen LogP contribution < -0.4 is 0 Å². The first kappa shape index (κ1) is 42.3. The number of phenols is 1. The molecule has 2 heterocycles. The SMILES string of the molecule is [2H]C([2H])([2H])c1cc(-c2cc(C(C)(C)C)cc(C(C)(C)C)c2)ccc1-n1c(-c2cc(C(C)C)cc(C(C)C)c2O)nc2c(-c3cc(-c4ccccc4)cc(-c4cc(-c5ccc(C)cc5)ccn4)c3)cccc21. The van der Waals surface area contributed by atoms with Crippen molar-refractivity contribution in [3.8, 4) is 78.6 Å². The highest BCUT2D eigenvalue weighted by atomic mass is 16.3. The van der Waals surface area contributed by atoms with Crippen LogP contribution in [0.4, 0.5) is 0 Å². The van der Waals surface area contributed by atoms with Crippen LogP contribution in [0, 0.1) is 13.8 Å². The van der Waals surface area contributed by atoms with Gasteiger partial charge in [0.25, 0.3) is 0 Å². The quantitative estimate of drug-likeness (QED) is 0.157. The van der Waals surface area contributed by atoms with Gasteiger partial charge >= 0.3 is 0 Å². The minimum absolute atomic E-state index is 0.0113. The van der Waals surface area contributed by atoms with E-state index < -0.39 is 6.85 Å². The molecular weight excluding hydrogens is 827 g/mol. The van der Waals surface area contributed by atoms with E-state index in [9.17, 15) is 9.22 Å². The predicted molar refractivity (Wildman–Crippen MR) is 288 cm³/mol. The zero-order valence-electron chi connectivity index (χ0n) is 44.5. The molecular formula is C64H65N3O. The standard InChI is InChI=1S/C64H65N3O/c1-39(2)47-35-55(40(3)4)61(68)56(36-47)62-66-60-54(50-30-48(43-17-14-13-15-18-43)31-51(32-50)57-37-46(27-28-65-57)44-23-21-41(5)22-24-44)19-16-20-59(60)67(62)58-26-25-45(29-42(58)6)49-33-52(63(7,8)9)38-53(34-49)64(10,11)12/h13-40,68H,1-12H3/i6D3. The molecule has 0 saturated heterocycles. The summed E-state index contributed by atoms with van der Waals surface area (Å²) in [5.74, 6) is 0.758. The van der Waals surface area contributed by atoms with Crippen molar-refractivity contribution < 1.29 is 9.22 Å². The molecule has 0 spiro atoms. The zero-order chi connectivity index (χ0) is 50.7. The highest BCUT2D eigenvalue weighted by Gasteiger charge is 2.26. The van der Waals surface area contributed by atoms with E-state index >= 15 is 0 Å². The molecule has 0 aliphatic carbocycles. The van der Waals surface area contributed by atoms with Crippen LogP contribution >= 0.6 is 0 Å². The molecule has 0 atom stereocenters. The van der Waals surface area contributed by atoms with Crippen molar-refractivity contribution in [3.63, 3.8) is 0 Å². The van der Waals surface area contributed by atoms with Crippen molar-refractivity contribution in [2.45, 2.75) is 106 Å². The van der Waals surface area contributed by atoms with Crippen molar-refractivity contribution in [1.29, 1.82) is 0 Å². The highest BCUT2D eigenvalue weighted by Crippen LogP contribution is 2.44. The van der Waals surface area contributed by atoms with Crippen LogP contribution in [0.1, 0.15) is 119 Å². The molecule has 1 N–H and O–H groups in total. The van der Waals surface area contributed by atoms with Gasteiger partial charge in [0.2, 0.25) is 0 Å². The van der Waals surface area contributed by atoms with Crippen LogP contribution in [0.3, 0.4) is 0 Å².